The molecule has 1 aliphatic carbocycles. The van der Waals surface area contributed by atoms with Crippen molar-refractivity contribution in [3.8, 4) is 0 Å². The Balaban J connectivity index is 2.39. The Bertz CT molecular complexity index is 238. The largest absolute Gasteiger partial charge is 0.260 e. The fraction of sp³-hybridized carbons (Fsp3) is 0.333. The minimum atomic E-state index is 1.24. The van der Waals surface area contributed by atoms with Gasteiger partial charge in [-0.3, -0.25) is 4.98 Å². The first-order valence-corrected chi connectivity index (χ1v) is 3.64. The average molecular weight is 132 g/mol. The van der Waals surface area contributed by atoms with Crippen LogP contribution in [0.5, 0.6) is 0 Å². The first kappa shape index (κ1) is 5.90. The number of hydrogen-bond acceptors (Lipinski definition) is 1. The molecule has 10 heavy (non-hydrogen) atoms. The lowest BCUT2D eigenvalue weighted by atomic mass is 10.1. The summed E-state index contributed by atoms with van der Waals surface area (Å²) in [6.07, 6.45) is 4.39. The molecule has 1 heterocycles. The molecule has 0 spiro atoms. The molecule has 1 heteroatoms. The van der Waals surface area contributed by atoms with Gasteiger partial charge in [0.25, 0.3) is 0 Å². The van der Waals surface area contributed by atoms with Gasteiger partial charge in [0.05, 0.1) is 5.69 Å². The van der Waals surface area contributed by atoms with E-state index in [1.807, 2.05) is 12.3 Å². The van der Waals surface area contributed by atoms with Gasteiger partial charge in [-0.15, -0.1) is 0 Å². The van der Waals surface area contributed by atoms with Gasteiger partial charge in [-0.25, -0.2) is 0 Å². The molecule has 0 unspecified atom stereocenters. The quantitative estimate of drug-likeness (QED) is 0.570. The van der Waals surface area contributed by atoms with Gasteiger partial charge >= 0.3 is 0 Å². The van der Waals surface area contributed by atoms with Crippen LogP contribution in [0.1, 0.15) is 24.1 Å². The van der Waals surface area contributed by atoms with E-state index in [-0.39, 0.29) is 0 Å². The smallest absolute Gasteiger partial charge is 0.0503 e. The number of nitrogens with zero attached hydrogens (tertiary/aromatic N) is 1. The minimum absolute atomic E-state index is 1.24. The van der Waals surface area contributed by atoms with Gasteiger partial charge in [0.2, 0.25) is 0 Å². The highest BCUT2D eigenvalue weighted by Gasteiger charge is 2.26. The van der Waals surface area contributed by atoms with Crippen molar-refractivity contribution in [3.05, 3.63) is 35.5 Å². The molecule has 0 aliphatic heterocycles. The number of pyridine rings is 1. The van der Waals surface area contributed by atoms with Gasteiger partial charge in [-0.1, -0.05) is 6.07 Å². The average Bonchev–Trinajstić information content (AvgIpc) is 2.71. The van der Waals surface area contributed by atoms with E-state index in [2.05, 4.69) is 18.0 Å². The molecule has 0 saturated heterocycles. The Labute approximate surface area is 61.1 Å². The zero-order valence-electron chi connectivity index (χ0n) is 6.09. The van der Waals surface area contributed by atoms with Crippen molar-refractivity contribution in [2.24, 2.45) is 0 Å². The predicted molar refractivity (Wildman–Crippen MR) is 40.6 cm³/mol. The molecule has 1 nitrogen and oxygen atoms in total. The number of rotatable bonds is 1. The minimum Gasteiger partial charge on any atom is -0.260 e. The maximum Gasteiger partial charge on any atom is 0.0503 e. The standard InChI is InChI=1S/C9H10N/c1-7-3-2-6-10-9(7)8-4-5-8/h2-3,6H,4-5H2,1H3. The van der Waals surface area contributed by atoms with Crippen LogP contribution in [-0.4, -0.2) is 4.98 Å². The Kier molecular flexibility index (Phi) is 1.23. The van der Waals surface area contributed by atoms with Crippen molar-refractivity contribution < 1.29 is 0 Å². The van der Waals surface area contributed by atoms with E-state index in [9.17, 15) is 0 Å². The second-order valence-corrected chi connectivity index (χ2v) is 2.77. The van der Waals surface area contributed by atoms with E-state index in [1.165, 1.54) is 30.0 Å². The number of aromatic nitrogens is 1. The fourth-order valence-corrected chi connectivity index (χ4v) is 1.16. The predicted octanol–water partition coefficient (Wildman–Crippen LogP) is 2.11. The summed E-state index contributed by atoms with van der Waals surface area (Å²) in [5.41, 5.74) is 2.55. The first-order chi connectivity index (χ1) is 4.88. The molecule has 0 N–H and O–H groups in total. The van der Waals surface area contributed by atoms with Gasteiger partial charge in [0.1, 0.15) is 0 Å². The zero-order chi connectivity index (χ0) is 6.97. The van der Waals surface area contributed by atoms with Crippen molar-refractivity contribution in [3.63, 3.8) is 0 Å². The highest BCUT2D eigenvalue weighted by Crippen LogP contribution is 2.38. The van der Waals surface area contributed by atoms with Crippen molar-refractivity contribution in [2.45, 2.75) is 19.8 Å². The second-order valence-electron chi connectivity index (χ2n) is 2.77. The summed E-state index contributed by atoms with van der Waals surface area (Å²) in [4.78, 5) is 4.30. The van der Waals surface area contributed by atoms with Gasteiger partial charge < -0.3 is 0 Å². The molecule has 0 bridgehead atoms. The molecule has 1 radical (unpaired) electrons. The Morgan fingerprint density at radius 3 is 2.80 bits per heavy atom. The summed E-state index contributed by atoms with van der Waals surface area (Å²) in [6, 6.07) is 4.11. The van der Waals surface area contributed by atoms with Crippen LogP contribution in [0.2, 0.25) is 0 Å². The van der Waals surface area contributed by atoms with Crippen LogP contribution in [0.25, 0.3) is 0 Å². The molecule has 0 aromatic carbocycles. The highest BCUT2D eigenvalue weighted by molar-refractivity contribution is 5.37. The number of aryl methyl sites for hydroxylation is 1. The van der Waals surface area contributed by atoms with E-state index >= 15 is 0 Å². The lowest BCUT2D eigenvalue weighted by Gasteiger charge is -1.98. The van der Waals surface area contributed by atoms with Crippen molar-refractivity contribution in [1.82, 2.24) is 4.98 Å². The van der Waals surface area contributed by atoms with Crippen LogP contribution >= 0.6 is 0 Å². The van der Waals surface area contributed by atoms with Crippen LogP contribution < -0.4 is 0 Å². The molecule has 1 aromatic heterocycles. The van der Waals surface area contributed by atoms with Crippen molar-refractivity contribution in [1.29, 1.82) is 0 Å². The van der Waals surface area contributed by atoms with E-state index < -0.39 is 0 Å². The van der Waals surface area contributed by atoms with Gasteiger partial charge in [-0.2, -0.15) is 0 Å². The fourth-order valence-electron chi connectivity index (χ4n) is 1.16. The zero-order valence-corrected chi connectivity index (χ0v) is 6.09. The molecular weight excluding hydrogens is 122 g/mol. The molecule has 1 saturated carbocycles. The maximum absolute atomic E-state index is 4.30. The summed E-state index contributed by atoms with van der Waals surface area (Å²) in [5, 5.41) is 0. The van der Waals surface area contributed by atoms with Crippen molar-refractivity contribution >= 4 is 0 Å². The van der Waals surface area contributed by atoms with Crippen LogP contribution in [-0.2, 0) is 0 Å². The van der Waals surface area contributed by atoms with Gasteiger partial charge in [-0.05, 0) is 31.4 Å². The molecule has 0 atom stereocenters. The monoisotopic (exact) mass is 132 g/mol. The third kappa shape index (κ3) is 0.919. The van der Waals surface area contributed by atoms with E-state index in [4.69, 9.17) is 0 Å². The summed E-state index contributed by atoms with van der Waals surface area (Å²) in [6.45, 7) is 2.12. The maximum atomic E-state index is 4.30. The van der Waals surface area contributed by atoms with Gasteiger partial charge in [0, 0.05) is 12.1 Å². The van der Waals surface area contributed by atoms with Crippen LogP contribution in [0.3, 0.4) is 0 Å². The molecule has 1 aliphatic rings. The summed E-state index contributed by atoms with van der Waals surface area (Å²) in [5.74, 6) is 1.53. The SMILES string of the molecule is Cc1cccnc1[C]1CC1. The third-order valence-corrected chi connectivity index (χ3v) is 1.84. The molecule has 51 valence electrons. The lowest BCUT2D eigenvalue weighted by molar-refractivity contribution is 1.14. The van der Waals surface area contributed by atoms with Crippen LogP contribution in [0, 0.1) is 12.8 Å². The Morgan fingerprint density at radius 1 is 1.40 bits per heavy atom. The molecule has 0 amide bonds. The summed E-state index contributed by atoms with van der Waals surface area (Å²) >= 11 is 0. The van der Waals surface area contributed by atoms with Gasteiger partial charge in [0.15, 0.2) is 0 Å². The normalized spacial score (nSPS) is 17.3. The lowest BCUT2D eigenvalue weighted by Crippen LogP contribution is -1.89. The Morgan fingerprint density at radius 2 is 2.20 bits per heavy atom. The van der Waals surface area contributed by atoms with E-state index in [0.29, 0.717) is 0 Å². The first-order valence-electron chi connectivity index (χ1n) is 3.64. The summed E-state index contributed by atoms with van der Waals surface area (Å²) in [7, 11) is 0. The molecule has 2 rings (SSSR count). The van der Waals surface area contributed by atoms with Crippen LogP contribution in [0.4, 0.5) is 0 Å². The van der Waals surface area contributed by atoms with E-state index in [0.717, 1.165) is 0 Å². The summed E-state index contributed by atoms with van der Waals surface area (Å²) < 4.78 is 0. The molecule has 1 fully saturated rings. The third-order valence-electron chi connectivity index (χ3n) is 1.84. The molecular formula is C9H10N. The van der Waals surface area contributed by atoms with Crippen LogP contribution in [0.15, 0.2) is 18.3 Å². The second kappa shape index (κ2) is 2.08. The topological polar surface area (TPSA) is 12.9 Å². The highest BCUT2D eigenvalue weighted by atomic mass is 14.7. The molecule has 1 aromatic rings. The Hall–Kier alpha value is -0.850. The van der Waals surface area contributed by atoms with Crippen molar-refractivity contribution in [2.75, 3.05) is 0 Å². The van der Waals surface area contributed by atoms with E-state index in [1.54, 1.807) is 0 Å². The number of hydrogen-bond donors (Lipinski definition) is 0.